The Morgan fingerprint density at radius 3 is 3.00 bits per heavy atom. The van der Waals surface area contributed by atoms with Crippen LogP contribution in [0.4, 0.5) is 5.13 Å². The monoisotopic (exact) mass is 358 g/mol. The molecule has 0 saturated heterocycles. The molecule has 4 rings (SSSR count). The molecule has 0 radical (unpaired) electrons. The number of thiazole rings is 1. The van der Waals surface area contributed by atoms with E-state index in [9.17, 15) is 4.79 Å². The molecule has 1 amide bonds. The molecule has 1 aliphatic rings. The van der Waals surface area contributed by atoms with Crippen molar-refractivity contribution in [3.8, 4) is 5.75 Å². The van der Waals surface area contributed by atoms with Gasteiger partial charge < -0.3 is 4.74 Å². The maximum Gasteiger partial charge on any atom is 0.264 e. The van der Waals surface area contributed by atoms with E-state index in [-0.39, 0.29) is 12.5 Å². The molecule has 0 aliphatic heterocycles. The van der Waals surface area contributed by atoms with Crippen LogP contribution < -0.4 is 10.1 Å². The smallest absolute Gasteiger partial charge is 0.264 e. The van der Waals surface area contributed by atoms with Crippen LogP contribution in [0.2, 0.25) is 5.02 Å². The molecule has 0 bridgehead atoms. The molecule has 4 nitrogen and oxygen atoms in total. The first-order valence-corrected chi connectivity index (χ1v) is 8.97. The molecule has 0 unspecified atom stereocenters. The number of aromatic nitrogens is 1. The Balaban J connectivity index is 1.39. The predicted octanol–water partition coefficient (Wildman–Crippen LogP) is 4.46. The second kappa shape index (κ2) is 6.42. The average Bonchev–Trinajstić information content (AvgIpc) is 3.17. The number of nitrogens with zero attached hydrogens (tertiary/aromatic N) is 1. The minimum atomic E-state index is -0.222. The Labute approximate surface area is 148 Å². The van der Waals surface area contributed by atoms with Gasteiger partial charge in [0.1, 0.15) is 5.75 Å². The van der Waals surface area contributed by atoms with Crippen molar-refractivity contribution in [1.82, 2.24) is 4.98 Å². The van der Waals surface area contributed by atoms with Crippen molar-refractivity contribution in [3.63, 3.8) is 0 Å². The van der Waals surface area contributed by atoms with Gasteiger partial charge in [-0.1, -0.05) is 29.0 Å². The van der Waals surface area contributed by atoms with Gasteiger partial charge >= 0.3 is 0 Å². The Kier molecular flexibility index (Phi) is 4.12. The van der Waals surface area contributed by atoms with E-state index in [4.69, 9.17) is 16.3 Å². The SMILES string of the molecule is O=C(COc1ccc2c(c1)CCC2)Nc1nc2ccc(Cl)cc2s1. The standard InChI is InChI=1S/C18H15ClN2O2S/c19-13-5-7-15-16(9-13)24-18(20-15)21-17(22)10-23-14-6-4-11-2-1-3-12(11)8-14/h4-9H,1-3,10H2,(H,20,21,22). The molecule has 1 heterocycles. The van der Waals surface area contributed by atoms with Gasteiger partial charge in [0.2, 0.25) is 0 Å². The zero-order chi connectivity index (χ0) is 16.5. The van der Waals surface area contributed by atoms with E-state index in [2.05, 4.69) is 16.4 Å². The maximum absolute atomic E-state index is 12.1. The highest BCUT2D eigenvalue weighted by atomic mass is 35.5. The highest BCUT2D eigenvalue weighted by molar-refractivity contribution is 7.22. The topological polar surface area (TPSA) is 51.2 Å². The lowest BCUT2D eigenvalue weighted by Crippen LogP contribution is -2.20. The summed E-state index contributed by atoms with van der Waals surface area (Å²) in [6, 6.07) is 11.5. The number of hydrogen-bond acceptors (Lipinski definition) is 4. The summed E-state index contributed by atoms with van der Waals surface area (Å²) in [7, 11) is 0. The van der Waals surface area contributed by atoms with Crippen LogP contribution in [0.25, 0.3) is 10.2 Å². The Bertz CT molecular complexity index is 923. The molecule has 2 aromatic carbocycles. The molecule has 0 atom stereocenters. The summed E-state index contributed by atoms with van der Waals surface area (Å²) in [6.45, 7) is -0.0323. The number of carbonyl (C=O) groups is 1. The number of nitrogens with one attached hydrogen (secondary N) is 1. The Morgan fingerprint density at radius 1 is 1.21 bits per heavy atom. The molecule has 122 valence electrons. The minimum absolute atomic E-state index is 0.0323. The fourth-order valence-electron chi connectivity index (χ4n) is 2.89. The van der Waals surface area contributed by atoms with Gasteiger partial charge in [-0.25, -0.2) is 4.98 Å². The summed E-state index contributed by atoms with van der Waals surface area (Å²) < 4.78 is 6.54. The van der Waals surface area contributed by atoms with Crippen LogP contribution in [0.5, 0.6) is 5.75 Å². The van der Waals surface area contributed by atoms with Crippen molar-refractivity contribution in [2.45, 2.75) is 19.3 Å². The van der Waals surface area contributed by atoms with Gasteiger partial charge in [0, 0.05) is 5.02 Å². The number of rotatable bonds is 4. The zero-order valence-electron chi connectivity index (χ0n) is 12.8. The average molecular weight is 359 g/mol. The van der Waals surface area contributed by atoms with E-state index in [0.717, 1.165) is 28.8 Å². The van der Waals surface area contributed by atoms with Crippen molar-refractivity contribution >= 4 is 44.2 Å². The Hall–Kier alpha value is -2.11. The quantitative estimate of drug-likeness (QED) is 0.749. The maximum atomic E-state index is 12.1. The summed E-state index contributed by atoms with van der Waals surface area (Å²) in [5, 5.41) is 3.98. The molecular formula is C18H15ClN2O2S. The van der Waals surface area contributed by atoms with Crippen molar-refractivity contribution in [3.05, 3.63) is 52.5 Å². The third-order valence-corrected chi connectivity index (χ3v) is 5.21. The summed E-state index contributed by atoms with van der Waals surface area (Å²) in [6.07, 6.45) is 3.42. The van der Waals surface area contributed by atoms with Crippen LogP contribution >= 0.6 is 22.9 Å². The van der Waals surface area contributed by atoms with E-state index < -0.39 is 0 Å². The number of ether oxygens (including phenoxy) is 1. The molecule has 0 fully saturated rings. The van der Waals surface area contributed by atoms with Gasteiger partial charge in [-0.2, -0.15) is 0 Å². The number of benzene rings is 2. The van der Waals surface area contributed by atoms with E-state index >= 15 is 0 Å². The fourth-order valence-corrected chi connectivity index (χ4v) is 4.05. The summed E-state index contributed by atoms with van der Waals surface area (Å²) in [5.74, 6) is 0.516. The number of aryl methyl sites for hydroxylation is 2. The number of halogens is 1. The Morgan fingerprint density at radius 2 is 2.08 bits per heavy atom. The van der Waals surface area contributed by atoms with Crippen molar-refractivity contribution in [2.75, 3.05) is 11.9 Å². The number of anilines is 1. The van der Waals surface area contributed by atoms with Crippen LogP contribution in [-0.2, 0) is 17.6 Å². The van der Waals surface area contributed by atoms with Crippen molar-refractivity contribution in [1.29, 1.82) is 0 Å². The summed E-state index contributed by atoms with van der Waals surface area (Å²) >= 11 is 7.36. The molecule has 6 heteroatoms. The molecule has 0 saturated carbocycles. The van der Waals surface area contributed by atoms with E-state index in [1.54, 1.807) is 6.07 Å². The zero-order valence-corrected chi connectivity index (χ0v) is 14.4. The first-order chi connectivity index (χ1) is 11.7. The van der Waals surface area contributed by atoms with E-state index in [1.807, 2.05) is 24.3 Å². The van der Waals surface area contributed by atoms with E-state index in [0.29, 0.717) is 10.2 Å². The molecule has 1 aromatic heterocycles. The molecular weight excluding hydrogens is 344 g/mol. The third kappa shape index (κ3) is 3.23. The highest BCUT2D eigenvalue weighted by Crippen LogP contribution is 2.28. The summed E-state index contributed by atoms with van der Waals surface area (Å²) in [5.41, 5.74) is 3.54. The molecule has 1 aliphatic carbocycles. The van der Waals surface area contributed by atoms with Crippen LogP contribution in [0.15, 0.2) is 36.4 Å². The number of amides is 1. The second-order valence-corrected chi connectivity index (χ2v) is 7.22. The van der Waals surface area contributed by atoms with Gasteiger partial charge in [0.25, 0.3) is 5.91 Å². The summed E-state index contributed by atoms with van der Waals surface area (Å²) in [4.78, 5) is 16.4. The van der Waals surface area contributed by atoms with Crippen LogP contribution in [0, 0.1) is 0 Å². The van der Waals surface area contributed by atoms with Crippen LogP contribution in [-0.4, -0.2) is 17.5 Å². The molecule has 0 spiro atoms. The highest BCUT2D eigenvalue weighted by Gasteiger charge is 2.13. The number of fused-ring (bicyclic) bond motifs is 2. The van der Waals surface area contributed by atoms with Gasteiger partial charge in [0.15, 0.2) is 11.7 Å². The lowest BCUT2D eigenvalue weighted by Gasteiger charge is -2.07. The minimum Gasteiger partial charge on any atom is -0.484 e. The first-order valence-electron chi connectivity index (χ1n) is 7.78. The van der Waals surface area contributed by atoms with Gasteiger partial charge in [0.05, 0.1) is 10.2 Å². The molecule has 3 aromatic rings. The fraction of sp³-hybridized carbons (Fsp3) is 0.222. The van der Waals surface area contributed by atoms with Gasteiger partial charge in [-0.05, 0) is 60.7 Å². The predicted molar refractivity (Wildman–Crippen MR) is 97.2 cm³/mol. The van der Waals surface area contributed by atoms with Crippen LogP contribution in [0.3, 0.4) is 0 Å². The van der Waals surface area contributed by atoms with Crippen molar-refractivity contribution < 1.29 is 9.53 Å². The van der Waals surface area contributed by atoms with Gasteiger partial charge in [-0.3, -0.25) is 10.1 Å². The first kappa shape index (κ1) is 15.4. The van der Waals surface area contributed by atoms with Gasteiger partial charge in [-0.15, -0.1) is 0 Å². The second-order valence-electron chi connectivity index (χ2n) is 5.75. The third-order valence-electron chi connectivity index (χ3n) is 4.04. The normalized spacial score (nSPS) is 13.0. The van der Waals surface area contributed by atoms with Crippen molar-refractivity contribution in [2.24, 2.45) is 0 Å². The largest absolute Gasteiger partial charge is 0.484 e. The van der Waals surface area contributed by atoms with E-state index in [1.165, 1.54) is 28.9 Å². The molecule has 1 N–H and O–H groups in total. The lowest BCUT2D eigenvalue weighted by atomic mass is 10.1. The molecule has 24 heavy (non-hydrogen) atoms. The number of carbonyl (C=O) groups excluding carboxylic acids is 1. The lowest BCUT2D eigenvalue weighted by molar-refractivity contribution is -0.118. The van der Waals surface area contributed by atoms with Crippen LogP contribution in [0.1, 0.15) is 17.5 Å². The number of hydrogen-bond donors (Lipinski definition) is 1.